The number of carbonyl (C=O) groups excluding carboxylic acids is 3. The van der Waals surface area contributed by atoms with Crippen molar-refractivity contribution in [1.29, 1.82) is 0 Å². The molecule has 8 heteroatoms. The van der Waals surface area contributed by atoms with Crippen molar-refractivity contribution < 1.29 is 19.1 Å². The third-order valence-electron chi connectivity index (χ3n) is 2.63. The van der Waals surface area contributed by atoms with Gasteiger partial charge >= 0.3 is 12.0 Å². The molecule has 0 saturated carbocycles. The molecule has 0 atom stereocenters. The van der Waals surface area contributed by atoms with Crippen LogP contribution in [0.5, 0.6) is 0 Å². The number of hydrogen-bond acceptors (Lipinski definition) is 6. The van der Waals surface area contributed by atoms with Crippen LogP contribution in [0.25, 0.3) is 11.0 Å². The molecule has 0 radical (unpaired) electrons. The monoisotopic (exact) mass is 302 g/mol. The number of hydrogen-bond donors (Lipinski definition) is 2. The molecule has 0 aliphatic carbocycles. The number of benzene rings is 1. The SMILES string of the molecule is CCNC(=O)NC(=O)COC(=O)c1ccc2nccnc2c1. The second-order valence-corrected chi connectivity index (χ2v) is 4.24. The Morgan fingerprint density at radius 3 is 2.59 bits per heavy atom. The van der Waals surface area contributed by atoms with Gasteiger partial charge in [-0.25, -0.2) is 9.59 Å². The minimum atomic E-state index is -0.708. The minimum absolute atomic E-state index is 0.249. The van der Waals surface area contributed by atoms with Crippen LogP contribution in [0.2, 0.25) is 0 Å². The van der Waals surface area contributed by atoms with Crippen LogP contribution >= 0.6 is 0 Å². The maximum atomic E-state index is 11.9. The number of fused-ring (bicyclic) bond motifs is 1. The highest BCUT2D eigenvalue weighted by Crippen LogP contribution is 2.11. The lowest BCUT2D eigenvalue weighted by molar-refractivity contribution is -0.123. The fourth-order valence-corrected chi connectivity index (χ4v) is 1.67. The van der Waals surface area contributed by atoms with Crippen LogP contribution in [0, 0.1) is 0 Å². The molecule has 8 nitrogen and oxygen atoms in total. The zero-order valence-corrected chi connectivity index (χ0v) is 11.8. The Hall–Kier alpha value is -3.03. The summed E-state index contributed by atoms with van der Waals surface area (Å²) in [4.78, 5) is 42.5. The van der Waals surface area contributed by atoms with Gasteiger partial charge in [0.05, 0.1) is 16.6 Å². The van der Waals surface area contributed by atoms with E-state index in [-0.39, 0.29) is 5.56 Å². The van der Waals surface area contributed by atoms with Crippen molar-refractivity contribution in [3.8, 4) is 0 Å². The Kier molecular flexibility index (Phi) is 4.97. The molecule has 0 unspecified atom stereocenters. The Morgan fingerprint density at radius 1 is 1.14 bits per heavy atom. The van der Waals surface area contributed by atoms with Gasteiger partial charge in [-0.1, -0.05) is 0 Å². The van der Waals surface area contributed by atoms with Crippen LogP contribution in [-0.2, 0) is 9.53 Å². The van der Waals surface area contributed by atoms with Crippen molar-refractivity contribution >= 4 is 28.9 Å². The standard InChI is InChI=1S/C14H14N4O4/c1-2-15-14(21)18-12(19)8-22-13(20)9-3-4-10-11(7-9)17-6-5-16-10/h3-7H,2,8H2,1H3,(H2,15,18,19,21). The highest BCUT2D eigenvalue weighted by molar-refractivity contribution is 5.97. The molecule has 1 aromatic carbocycles. The molecule has 22 heavy (non-hydrogen) atoms. The number of rotatable bonds is 4. The summed E-state index contributed by atoms with van der Waals surface area (Å²) in [5, 5.41) is 4.42. The van der Waals surface area contributed by atoms with Gasteiger partial charge in [0.25, 0.3) is 5.91 Å². The van der Waals surface area contributed by atoms with E-state index in [0.717, 1.165) is 0 Å². The molecule has 0 spiro atoms. The summed E-state index contributed by atoms with van der Waals surface area (Å²) in [6.45, 7) is 1.55. The summed E-state index contributed by atoms with van der Waals surface area (Å²) in [6, 6.07) is 4.05. The fraction of sp³-hybridized carbons (Fsp3) is 0.214. The number of urea groups is 1. The molecule has 0 bridgehead atoms. The van der Waals surface area contributed by atoms with Crippen LogP contribution in [0.15, 0.2) is 30.6 Å². The first-order valence-corrected chi connectivity index (χ1v) is 6.55. The Balaban J connectivity index is 1.93. The van der Waals surface area contributed by atoms with Gasteiger partial charge in [-0.3, -0.25) is 20.1 Å². The van der Waals surface area contributed by atoms with Crippen LogP contribution in [-0.4, -0.2) is 41.0 Å². The van der Waals surface area contributed by atoms with E-state index in [1.165, 1.54) is 18.3 Å². The van der Waals surface area contributed by atoms with E-state index in [1.54, 1.807) is 19.2 Å². The maximum Gasteiger partial charge on any atom is 0.338 e. The van der Waals surface area contributed by atoms with Crippen LogP contribution in [0.1, 0.15) is 17.3 Å². The van der Waals surface area contributed by atoms with Crippen molar-refractivity contribution in [2.75, 3.05) is 13.2 Å². The molecule has 0 aliphatic heterocycles. The number of imide groups is 1. The molecule has 0 aliphatic rings. The fourth-order valence-electron chi connectivity index (χ4n) is 1.67. The zero-order chi connectivity index (χ0) is 15.9. The first-order chi connectivity index (χ1) is 10.6. The number of ether oxygens (including phenoxy) is 1. The lowest BCUT2D eigenvalue weighted by Crippen LogP contribution is -2.41. The number of aromatic nitrogens is 2. The number of esters is 1. The van der Waals surface area contributed by atoms with Crippen molar-refractivity contribution in [2.24, 2.45) is 0 Å². The van der Waals surface area contributed by atoms with Crippen LogP contribution < -0.4 is 10.6 Å². The van der Waals surface area contributed by atoms with E-state index in [0.29, 0.717) is 17.6 Å². The summed E-state index contributed by atoms with van der Waals surface area (Å²) in [5.74, 6) is -1.39. The first-order valence-electron chi connectivity index (χ1n) is 6.55. The molecular weight excluding hydrogens is 288 g/mol. The molecule has 2 aromatic rings. The second kappa shape index (κ2) is 7.11. The topological polar surface area (TPSA) is 110 Å². The third-order valence-corrected chi connectivity index (χ3v) is 2.63. The van der Waals surface area contributed by atoms with E-state index in [9.17, 15) is 14.4 Å². The van der Waals surface area contributed by atoms with Gasteiger partial charge in [0, 0.05) is 18.9 Å². The first kappa shape index (κ1) is 15.4. The Bertz CT molecular complexity index is 717. The lowest BCUT2D eigenvalue weighted by Gasteiger charge is -2.06. The van der Waals surface area contributed by atoms with Gasteiger partial charge in [-0.05, 0) is 25.1 Å². The number of amides is 3. The van der Waals surface area contributed by atoms with Crippen molar-refractivity contribution in [3.63, 3.8) is 0 Å². The molecule has 1 aromatic heterocycles. The molecule has 0 fully saturated rings. The molecule has 114 valence electrons. The van der Waals surface area contributed by atoms with E-state index in [2.05, 4.69) is 15.3 Å². The normalized spacial score (nSPS) is 10.0. The van der Waals surface area contributed by atoms with Crippen molar-refractivity contribution in [3.05, 3.63) is 36.2 Å². The van der Waals surface area contributed by atoms with Crippen molar-refractivity contribution in [2.45, 2.75) is 6.92 Å². The molecule has 2 N–H and O–H groups in total. The molecule has 2 rings (SSSR count). The Labute approximate surface area is 125 Å². The number of nitrogens with zero attached hydrogens (tertiary/aromatic N) is 2. The third kappa shape index (κ3) is 3.98. The highest BCUT2D eigenvalue weighted by Gasteiger charge is 2.12. The van der Waals surface area contributed by atoms with Gasteiger partial charge < -0.3 is 10.1 Å². The minimum Gasteiger partial charge on any atom is -0.452 e. The van der Waals surface area contributed by atoms with Gasteiger partial charge in [0.15, 0.2) is 6.61 Å². The second-order valence-electron chi connectivity index (χ2n) is 4.24. The smallest absolute Gasteiger partial charge is 0.338 e. The largest absolute Gasteiger partial charge is 0.452 e. The molecule has 0 saturated heterocycles. The maximum absolute atomic E-state index is 11.9. The summed E-state index contributed by atoms with van der Waals surface area (Å²) >= 11 is 0. The average Bonchev–Trinajstić information content (AvgIpc) is 2.52. The predicted molar refractivity (Wildman–Crippen MR) is 77.0 cm³/mol. The lowest BCUT2D eigenvalue weighted by atomic mass is 10.2. The van der Waals surface area contributed by atoms with Gasteiger partial charge in [0.1, 0.15) is 0 Å². The van der Waals surface area contributed by atoms with Gasteiger partial charge in [-0.15, -0.1) is 0 Å². The summed E-state index contributed by atoms with van der Waals surface area (Å²) < 4.78 is 4.84. The van der Waals surface area contributed by atoms with Crippen LogP contribution in [0.3, 0.4) is 0 Å². The van der Waals surface area contributed by atoms with Crippen LogP contribution in [0.4, 0.5) is 4.79 Å². The van der Waals surface area contributed by atoms with E-state index in [4.69, 9.17) is 4.74 Å². The Morgan fingerprint density at radius 2 is 1.86 bits per heavy atom. The molecule has 1 heterocycles. The van der Waals surface area contributed by atoms with E-state index in [1.807, 2.05) is 5.32 Å². The summed E-state index contributed by atoms with van der Waals surface area (Å²) in [5.41, 5.74) is 1.44. The summed E-state index contributed by atoms with van der Waals surface area (Å²) in [6.07, 6.45) is 3.06. The van der Waals surface area contributed by atoms with E-state index >= 15 is 0 Å². The molecule has 3 amide bonds. The summed E-state index contributed by atoms with van der Waals surface area (Å²) in [7, 11) is 0. The molecular formula is C14H14N4O4. The van der Waals surface area contributed by atoms with E-state index < -0.39 is 24.5 Å². The van der Waals surface area contributed by atoms with Gasteiger partial charge in [-0.2, -0.15) is 0 Å². The zero-order valence-electron chi connectivity index (χ0n) is 11.8. The van der Waals surface area contributed by atoms with Gasteiger partial charge in [0.2, 0.25) is 0 Å². The average molecular weight is 302 g/mol. The highest BCUT2D eigenvalue weighted by atomic mass is 16.5. The predicted octanol–water partition coefficient (Wildman–Crippen LogP) is 0.632. The van der Waals surface area contributed by atoms with Crippen molar-refractivity contribution in [1.82, 2.24) is 20.6 Å². The quantitative estimate of drug-likeness (QED) is 0.802. The number of carbonyl (C=O) groups is 3. The number of nitrogens with one attached hydrogen (secondary N) is 2.